The summed E-state index contributed by atoms with van der Waals surface area (Å²) in [5, 5.41) is 2.85. The number of methoxy groups -OCH3 is 1. The number of rotatable bonds is 6. The Kier molecular flexibility index (Phi) is 6.60. The summed E-state index contributed by atoms with van der Waals surface area (Å²) in [6.07, 6.45) is 0. The zero-order valence-corrected chi connectivity index (χ0v) is 15.5. The molecule has 2 aromatic carbocycles. The van der Waals surface area contributed by atoms with E-state index in [1.807, 2.05) is 0 Å². The van der Waals surface area contributed by atoms with Crippen LogP contribution in [0.25, 0.3) is 0 Å². The first kappa shape index (κ1) is 19.8. The van der Waals surface area contributed by atoms with Crippen LogP contribution in [0.3, 0.4) is 0 Å². The fourth-order valence-corrected chi connectivity index (χ4v) is 2.74. The van der Waals surface area contributed by atoms with E-state index in [9.17, 15) is 14.4 Å². The number of carbonyl (C=O) groups is 3. The number of carbonyl (C=O) groups excluding carboxylic acids is 3. The van der Waals surface area contributed by atoms with Gasteiger partial charge in [0.05, 0.1) is 22.7 Å². The van der Waals surface area contributed by atoms with Crippen molar-refractivity contribution in [1.29, 1.82) is 0 Å². The number of benzene rings is 2. The van der Waals surface area contributed by atoms with Gasteiger partial charge in [0.25, 0.3) is 5.91 Å². The minimum absolute atomic E-state index is 0.0900. The highest BCUT2D eigenvalue weighted by molar-refractivity contribution is 6.37. The van der Waals surface area contributed by atoms with Gasteiger partial charge in [-0.15, -0.1) is 0 Å². The molecule has 0 aliphatic carbocycles. The molecule has 0 aliphatic heterocycles. The molecule has 0 bridgehead atoms. The van der Waals surface area contributed by atoms with Crippen LogP contribution in [0.2, 0.25) is 10.0 Å². The van der Waals surface area contributed by atoms with E-state index in [-0.39, 0.29) is 27.1 Å². The van der Waals surface area contributed by atoms with Gasteiger partial charge < -0.3 is 14.8 Å². The Hall–Kier alpha value is -2.57. The highest BCUT2D eigenvalue weighted by Gasteiger charge is 2.16. The minimum atomic E-state index is -0.760. The van der Waals surface area contributed by atoms with Crippen LogP contribution in [0.4, 0.5) is 5.69 Å². The fourth-order valence-electron chi connectivity index (χ4n) is 2.10. The maximum Gasteiger partial charge on any atom is 0.338 e. The Balaban J connectivity index is 1.98. The fraction of sp³-hybridized carbons (Fsp3) is 0.167. The second-order valence-electron chi connectivity index (χ2n) is 5.23. The topological polar surface area (TPSA) is 81.7 Å². The second kappa shape index (κ2) is 8.69. The summed E-state index contributed by atoms with van der Waals surface area (Å²) in [6.45, 7) is 0.915. The van der Waals surface area contributed by atoms with E-state index in [1.165, 1.54) is 32.2 Å². The van der Waals surface area contributed by atoms with Crippen molar-refractivity contribution in [2.45, 2.75) is 6.92 Å². The molecular weight excluding hydrogens is 381 g/mol. The van der Waals surface area contributed by atoms with Crippen LogP contribution in [0, 0.1) is 0 Å². The van der Waals surface area contributed by atoms with Crippen molar-refractivity contribution in [3.63, 3.8) is 0 Å². The summed E-state index contributed by atoms with van der Waals surface area (Å²) in [7, 11) is 1.40. The van der Waals surface area contributed by atoms with Gasteiger partial charge in [-0.25, -0.2) is 4.79 Å². The Morgan fingerprint density at radius 1 is 1.04 bits per heavy atom. The van der Waals surface area contributed by atoms with Gasteiger partial charge in [-0.1, -0.05) is 35.3 Å². The first-order valence-electron chi connectivity index (χ1n) is 7.43. The Labute approximate surface area is 160 Å². The van der Waals surface area contributed by atoms with Gasteiger partial charge in [0.1, 0.15) is 0 Å². The Bertz CT molecular complexity index is 843. The van der Waals surface area contributed by atoms with E-state index in [4.69, 9.17) is 32.7 Å². The van der Waals surface area contributed by atoms with Crippen molar-refractivity contribution < 1.29 is 23.9 Å². The van der Waals surface area contributed by atoms with Gasteiger partial charge in [-0.2, -0.15) is 0 Å². The van der Waals surface area contributed by atoms with Crippen LogP contribution in [-0.4, -0.2) is 31.4 Å². The maximum absolute atomic E-state index is 12.0. The maximum atomic E-state index is 12.0. The molecule has 0 radical (unpaired) electrons. The molecule has 0 saturated heterocycles. The van der Waals surface area contributed by atoms with Crippen molar-refractivity contribution in [2.24, 2.45) is 0 Å². The molecule has 0 unspecified atom stereocenters. The molecule has 0 saturated carbocycles. The van der Waals surface area contributed by atoms with Crippen LogP contribution in [0.1, 0.15) is 27.6 Å². The molecule has 0 spiro atoms. The molecular formula is C18H15Cl2NO5. The number of esters is 1. The van der Waals surface area contributed by atoms with E-state index in [0.29, 0.717) is 11.3 Å². The Morgan fingerprint density at radius 2 is 1.69 bits per heavy atom. The molecule has 1 N–H and O–H groups in total. The average molecular weight is 396 g/mol. The molecule has 26 heavy (non-hydrogen) atoms. The lowest BCUT2D eigenvalue weighted by atomic mass is 10.1. The quantitative estimate of drug-likeness (QED) is 0.590. The van der Waals surface area contributed by atoms with Crippen molar-refractivity contribution >= 4 is 46.5 Å². The summed E-state index contributed by atoms with van der Waals surface area (Å²) in [5.41, 5.74) is 0.976. The van der Waals surface area contributed by atoms with Crippen LogP contribution in [0.5, 0.6) is 5.75 Å². The molecule has 6 nitrogen and oxygen atoms in total. The molecule has 8 heteroatoms. The van der Waals surface area contributed by atoms with Crippen molar-refractivity contribution in [1.82, 2.24) is 0 Å². The predicted octanol–water partition coefficient (Wildman–Crippen LogP) is 4.00. The highest BCUT2D eigenvalue weighted by atomic mass is 35.5. The van der Waals surface area contributed by atoms with Gasteiger partial charge >= 0.3 is 5.97 Å². The largest absolute Gasteiger partial charge is 0.494 e. The summed E-state index contributed by atoms with van der Waals surface area (Å²) in [4.78, 5) is 35.3. The summed E-state index contributed by atoms with van der Waals surface area (Å²) < 4.78 is 9.94. The molecule has 136 valence electrons. The van der Waals surface area contributed by atoms with Crippen LogP contribution in [0.15, 0.2) is 36.4 Å². The van der Waals surface area contributed by atoms with E-state index < -0.39 is 18.5 Å². The lowest BCUT2D eigenvalue weighted by molar-refractivity contribution is -0.119. The van der Waals surface area contributed by atoms with Crippen molar-refractivity contribution in [3.8, 4) is 5.75 Å². The first-order chi connectivity index (χ1) is 12.3. The third-order valence-electron chi connectivity index (χ3n) is 3.33. The lowest BCUT2D eigenvalue weighted by Gasteiger charge is -2.10. The third kappa shape index (κ3) is 4.97. The normalized spacial score (nSPS) is 10.2. The summed E-state index contributed by atoms with van der Waals surface area (Å²) in [5.74, 6) is -1.19. The molecule has 0 fully saturated rings. The highest BCUT2D eigenvalue weighted by Crippen LogP contribution is 2.33. The standard InChI is InChI=1S/C18H15Cl2NO5/c1-10(22)11-4-3-5-13(6-11)21-16(23)9-26-18(24)12-7-14(19)17(25-2)15(20)8-12/h3-8H,9H2,1-2H3,(H,21,23). The molecule has 2 aromatic rings. The van der Waals surface area contributed by atoms with Gasteiger partial charge in [-0.05, 0) is 31.2 Å². The van der Waals surface area contributed by atoms with E-state index in [0.717, 1.165) is 0 Å². The number of anilines is 1. The van der Waals surface area contributed by atoms with Crippen LogP contribution < -0.4 is 10.1 Å². The van der Waals surface area contributed by atoms with E-state index in [2.05, 4.69) is 5.32 Å². The van der Waals surface area contributed by atoms with Crippen LogP contribution in [-0.2, 0) is 9.53 Å². The molecule has 0 atom stereocenters. The summed E-state index contributed by atoms with van der Waals surface area (Å²) in [6, 6.07) is 9.10. The number of hydrogen-bond donors (Lipinski definition) is 1. The van der Waals surface area contributed by atoms with E-state index >= 15 is 0 Å². The molecule has 0 heterocycles. The molecule has 0 aromatic heterocycles. The van der Waals surface area contributed by atoms with Crippen molar-refractivity contribution in [3.05, 3.63) is 57.6 Å². The monoisotopic (exact) mass is 395 g/mol. The first-order valence-corrected chi connectivity index (χ1v) is 8.18. The SMILES string of the molecule is COc1c(Cl)cc(C(=O)OCC(=O)Nc2cccc(C(C)=O)c2)cc1Cl. The van der Waals surface area contributed by atoms with Gasteiger partial charge in [0.15, 0.2) is 18.1 Å². The zero-order valence-electron chi connectivity index (χ0n) is 14.0. The number of ketones is 1. The Morgan fingerprint density at radius 3 is 2.27 bits per heavy atom. The van der Waals surface area contributed by atoms with Gasteiger partial charge in [0, 0.05) is 11.3 Å². The van der Waals surface area contributed by atoms with Gasteiger partial charge in [-0.3, -0.25) is 9.59 Å². The molecule has 2 rings (SSSR count). The minimum Gasteiger partial charge on any atom is -0.494 e. The number of Topliss-reactive ketones (excluding diaryl/α,β-unsaturated/α-hetero) is 1. The van der Waals surface area contributed by atoms with Gasteiger partial charge in [0.2, 0.25) is 0 Å². The number of halogens is 2. The molecule has 0 aliphatic rings. The predicted molar refractivity (Wildman–Crippen MR) is 98.4 cm³/mol. The lowest BCUT2D eigenvalue weighted by Crippen LogP contribution is -2.21. The smallest absolute Gasteiger partial charge is 0.338 e. The number of amides is 1. The number of ether oxygens (including phenoxy) is 2. The zero-order chi connectivity index (χ0) is 19.3. The average Bonchev–Trinajstić information content (AvgIpc) is 2.59. The summed E-state index contributed by atoms with van der Waals surface area (Å²) >= 11 is 11.9. The van der Waals surface area contributed by atoms with Crippen LogP contribution >= 0.6 is 23.2 Å². The van der Waals surface area contributed by atoms with E-state index in [1.54, 1.807) is 18.2 Å². The second-order valence-corrected chi connectivity index (χ2v) is 6.05. The third-order valence-corrected chi connectivity index (χ3v) is 3.89. The molecule has 1 amide bonds. The van der Waals surface area contributed by atoms with Crippen molar-refractivity contribution in [2.75, 3.05) is 19.0 Å². The number of hydrogen-bond acceptors (Lipinski definition) is 5. The number of nitrogens with one attached hydrogen (secondary N) is 1.